The summed E-state index contributed by atoms with van der Waals surface area (Å²) in [6.45, 7) is 0. The molecule has 0 bridgehead atoms. The SMILES string of the molecule is O=C1NC2(Oc3ccc(Br)cc3C3CC(c4ccccc4)=NN32)C(=Cc2ccc(-c3cc(C(F)(F)F)ccc3Cl)o2)S1. The molecule has 1 aromatic heterocycles. The highest BCUT2D eigenvalue weighted by molar-refractivity contribution is 9.10. The predicted octanol–water partition coefficient (Wildman–Crippen LogP) is 9.08. The molecule has 2 unspecified atom stereocenters. The highest BCUT2D eigenvalue weighted by Gasteiger charge is 2.58. The van der Waals surface area contributed by atoms with Gasteiger partial charge in [-0.25, -0.2) is 5.01 Å². The predicted molar refractivity (Wildman–Crippen MR) is 158 cm³/mol. The quantitative estimate of drug-likeness (QED) is 0.235. The van der Waals surface area contributed by atoms with Crippen molar-refractivity contribution in [3.63, 3.8) is 0 Å². The van der Waals surface area contributed by atoms with E-state index in [1.807, 2.05) is 48.5 Å². The van der Waals surface area contributed by atoms with Gasteiger partial charge in [-0.2, -0.15) is 18.3 Å². The number of halogens is 5. The first-order chi connectivity index (χ1) is 20.1. The lowest BCUT2D eigenvalue weighted by Crippen LogP contribution is -2.61. The van der Waals surface area contributed by atoms with E-state index < -0.39 is 17.6 Å². The molecule has 12 heteroatoms. The van der Waals surface area contributed by atoms with Gasteiger partial charge in [0.2, 0.25) is 0 Å². The van der Waals surface area contributed by atoms with E-state index in [-0.39, 0.29) is 27.6 Å². The van der Waals surface area contributed by atoms with Crippen LogP contribution in [0.15, 0.2) is 97.8 Å². The summed E-state index contributed by atoms with van der Waals surface area (Å²) in [6.07, 6.45) is -2.33. The lowest BCUT2D eigenvalue weighted by atomic mass is 9.96. The molecule has 1 amide bonds. The van der Waals surface area contributed by atoms with Crippen LogP contribution in [0.4, 0.5) is 18.0 Å². The van der Waals surface area contributed by atoms with E-state index in [2.05, 4.69) is 21.2 Å². The molecule has 0 aliphatic carbocycles. The smallest absolute Gasteiger partial charge is 0.416 e. The number of ether oxygens (including phenoxy) is 1. The van der Waals surface area contributed by atoms with Gasteiger partial charge in [0.15, 0.2) is 0 Å². The number of hydrogen-bond donors (Lipinski definition) is 1. The summed E-state index contributed by atoms with van der Waals surface area (Å²) in [7, 11) is 0. The van der Waals surface area contributed by atoms with E-state index in [0.29, 0.717) is 22.8 Å². The molecular weight excluding hydrogens is 655 g/mol. The van der Waals surface area contributed by atoms with Crippen LogP contribution < -0.4 is 10.1 Å². The van der Waals surface area contributed by atoms with Gasteiger partial charge in [0, 0.05) is 22.0 Å². The van der Waals surface area contributed by atoms with Crippen LogP contribution in [-0.4, -0.2) is 21.8 Å². The van der Waals surface area contributed by atoms with Crippen molar-refractivity contribution >= 4 is 56.3 Å². The third kappa shape index (κ3) is 4.60. The highest BCUT2D eigenvalue weighted by Crippen LogP contribution is 2.53. The number of nitrogens with one attached hydrogen (secondary N) is 1. The van der Waals surface area contributed by atoms with E-state index in [1.54, 1.807) is 17.2 Å². The molecule has 212 valence electrons. The standard InChI is InChI=1S/C30H18BrClF3N3O3S/c31-18-7-10-26-21(13-18)24-15-23(16-4-2-1-3-5-16)37-38(24)30(41-26)27(42-28(39)36-30)14-19-8-11-25(40-19)20-12-17(29(33,34)35)6-9-22(20)32/h1-14,24H,15H2,(H,36,39). The van der Waals surface area contributed by atoms with Crippen LogP contribution in [0.3, 0.4) is 0 Å². The van der Waals surface area contributed by atoms with Crippen molar-refractivity contribution in [2.45, 2.75) is 24.5 Å². The Kier molecular flexibility index (Phi) is 6.45. The van der Waals surface area contributed by atoms with Crippen molar-refractivity contribution in [3.8, 4) is 17.1 Å². The lowest BCUT2D eigenvalue weighted by molar-refractivity contribution is -0.137. The summed E-state index contributed by atoms with van der Waals surface area (Å²) in [6, 6.07) is 21.4. The molecule has 0 saturated carbocycles. The number of furan rings is 1. The fraction of sp³-hybridized carbons (Fsp3) is 0.133. The summed E-state index contributed by atoms with van der Waals surface area (Å²) >= 11 is 10.7. The molecule has 4 heterocycles. The normalized spacial score (nSPS) is 22.2. The second-order valence-corrected chi connectivity index (χ2v) is 12.2. The molecule has 2 atom stereocenters. The summed E-state index contributed by atoms with van der Waals surface area (Å²) in [5.41, 5.74) is 1.96. The number of alkyl halides is 3. The molecule has 1 spiro atoms. The van der Waals surface area contributed by atoms with E-state index in [1.165, 1.54) is 12.1 Å². The van der Waals surface area contributed by atoms with Crippen LogP contribution in [0.5, 0.6) is 5.75 Å². The Morgan fingerprint density at radius 1 is 1.10 bits per heavy atom. The number of hydrogen-bond acceptors (Lipinski definition) is 6. The van der Waals surface area contributed by atoms with Crippen LogP contribution in [0.2, 0.25) is 5.02 Å². The minimum atomic E-state index is -4.54. The maximum absolute atomic E-state index is 13.3. The zero-order valence-corrected chi connectivity index (χ0v) is 24.4. The molecule has 1 fully saturated rings. The second kappa shape index (κ2) is 9.96. The third-order valence-corrected chi connectivity index (χ3v) is 8.92. The summed E-state index contributed by atoms with van der Waals surface area (Å²) < 4.78 is 53.4. The van der Waals surface area contributed by atoms with Crippen molar-refractivity contribution in [2.24, 2.45) is 5.10 Å². The average molecular weight is 673 g/mol. The van der Waals surface area contributed by atoms with Gasteiger partial charge >= 0.3 is 12.0 Å². The van der Waals surface area contributed by atoms with E-state index >= 15 is 0 Å². The number of rotatable bonds is 3. The zero-order chi connectivity index (χ0) is 29.2. The van der Waals surface area contributed by atoms with Crippen molar-refractivity contribution in [2.75, 3.05) is 0 Å². The molecule has 3 aromatic carbocycles. The first-order valence-corrected chi connectivity index (χ1v) is 14.7. The van der Waals surface area contributed by atoms with Crippen molar-refractivity contribution in [1.82, 2.24) is 10.3 Å². The van der Waals surface area contributed by atoms with Gasteiger partial charge in [0.1, 0.15) is 17.3 Å². The maximum Gasteiger partial charge on any atom is 0.416 e. The summed E-state index contributed by atoms with van der Waals surface area (Å²) in [5, 5.41) is 9.44. The van der Waals surface area contributed by atoms with Crippen molar-refractivity contribution in [3.05, 3.63) is 116 Å². The number of amides is 1. The number of nitrogens with zero attached hydrogens (tertiary/aromatic N) is 2. The number of hydrazone groups is 1. The molecule has 3 aliphatic rings. The van der Waals surface area contributed by atoms with Crippen LogP contribution >= 0.6 is 39.3 Å². The Labute approximate surface area is 255 Å². The second-order valence-electron chi connectivity index (χ2n) is 9.82. The summed E-state index contributed by atoms with van der Waals surface area (Å²) in [4.78, 5) is 13.4. The number of benzene rings is 3. The molecule has 1 saturated heterocycles. The molecule has 3 aliphatic heterocycles. The van der Waals surface area contributed by atoms with Crippen LogP contribution in [0, 0.1) is 0 Å². The van der Waals surface area contributed by atoms with Gasteiger partial charge in [-0.05, 0) is 71.9 Å². The average Bonchev–Trinajstić information content (AvgIpc) is 3.68. The molecule has 0 radical (unpaired) electrons. The largest absolute Gasteiger partial charge is 0.457 e. The Balaban J connectivity index is 1.32. The molecule has 4 aromatic rings. The Hall–Kier alpha value is -3.67. The Morgan fingerprint density at radius 3 is 2.69 bits per heavy atom. The van der Waals surface area contributed by atoms with Gasteiger partial charge in [0.25, 0.3) is 5.24 Å². The lowest BCUT2D eigenvalue weighted by Gasteiger charge is -2.45. The van der Waals surface area contributed by atoms with E-state index in [0.717, 1.165) is 45.2 Å². The minimum Gasteiger partial charge on any atom is -0.457 e. The summed E-state index contributed by atoms with van der Waals surface area (Å²) in [5.74, 6) is -0.430. The molecular formula is C30H18BrClF3N3O3S. The number of thioether (sulfide) groups is 1. The molecule has 1 N–H and O–H groups in total. The zero-order valence-electron chi connectivity index (χ0n) is 21.3. The number of carbonyl (C=O) groups is 1. The molecule has 42 heavy (non-hydrogen) atoms. The van der Waals surface area contributed by atoms with Gasteiger partial charge in [-0.1, -0.05) is 57.9 Å². The fourth-order valence-corrected chi connectivity index (χ4v) is 6.77. The van der Waals surface area contributed by atoms with Gasteiger partial charge in [0.05, 0.1) is 27.2 Å². The van der Waals surface area contributed by atoms with E-state index in [9.17, 15) is 18.0 Å². The van der Waals surface area contributed by atoms with Crippen LogP contribution in [0.25, 0.3) is 17.4 Å². The first kappa shape index (κ1) is 27.2. The molecule has 6 nitrogen and oxygen atoms in total. The Morgan fingerprint density at radius 2 is 1.90 bits per heavy atom. The minimum absolute atomic E-state index is 0.101. The topological polar surface area (TPSA) is 67.1 Å². The van der Waals surface area contributed by atoms with Gasteiger partial charge < -0.3 is 9.15 Å². The molecule has 7 rings (SSSR count). The Bertz CT molecular complexity index is 1810. The van der Waals surface area contributed by atoms with Gasteiger partial charge in [-0.3, -0.25) is 10.1 Å². The monoisotopic (exact) mass is 671 g/mol. The van der Waals surface area contributed by atoms with Crippen LogP contribution in [-0.2, 0) is 6.18 Å². The number of fused-ring (bicyclic) bond motifs is 4. The van der Waals surface area contributed by atoms with Gasteiger partial charge in [-0.15, -0.1) is 0 Å². The first-order valence-electron chi connectivity index (χ1n) is 12.7. The van der Waals surface area contributed by atoms with E-state index in [4.69, 9.17) is 25.9 Å². The van der Waals surface area contributed by atoms with Crippen molar-refractivity contribution in [1.29, 1.82) is 0 Å². The van der Waals surface area contributed by atoms with Crippen LogP contribution in [0.1, 0.15) is 34.9 Å². The van der Waals surface area contributed by atoms with Crippen molar-refractivity contribution < 1.29 is 27.1 Å². The third-order valence-electron chi connectivity index (χ3n) is 7.20. The highest BCUT2D eigenvalue weighted by atomic mass is 79.9. The fourth-order valence-electron chi connectivity index (χ4n) is 5.29. The maximum atomic E-state index is 13.3. The number of carbonyl (C=O) groups excluding carboxylic acids is 1.